The average Bonchev–Trinajstić information content (AvgIpc) is 2.92. The molecule has 0 unspecified atom stereocenters. The summed E-state index contributed by atoms with van der Waals surface area (Å²) in [5.74, 6) is -0.548. The molecule has 1 N–H and O–H groups in total. The summed E-state index contributed by atoms with van der Waals surface area (Å²) in [5, 5.41) is 15.0. The summed E-state index contributed by atoms with van der Waals surface area (Å²) in [7, 11) is 0. The lowest BCUT2D eigenvalue weighted by Gasteiger charge is -2.06. The maximum absolute atomic E-state index is 12.0. The van der Waals surface area contributed by atoms with Gasteiger partial charge in [0, 0.05) is 17.5 Å². The van der Waals surface area contributed by atoms with Crippen LogP contribution in [0.3, 0.4) is 0 Å². The van der Waals surface area contributed by atoms with Crippen LogP contribution in [0.4, 0.5) is 5.69 Å². The third-order valence-electron chi connectivity index (χ3n) is 2.38. The van der Waals surface area contributed by atoms with E-state index in [1.54, 1.807) is 10.9 Å². The highest BCUT2D eigenvalue weighted by Gasteiger charge is 2.19. The molecule has 9 heteroatoms. The third kappa shape index (κ3) is 3.24. The van der Waals surface area contributed by atoms with Gasteiger partial charge in [-0.15, -0.1) is 11.3 Å². The highest BCUT2D eigenvalue weighted by atomic mass is 35.5. The summed E-state index contributed by atoms with van der Waals surface area (Å²) in [4.78, 5) is 26.1. The maximum atomic E-state index is 12.0. The van der Waals surface area contributed by atoms with Crippen LogP contribution in [0.1, 0.15) is 16.1 Å². The van der Waals surface area contributed by atoms with Crippen LogP contribution < -0.4 is 5.32 Å². The maximum Gasteiger partial charge on any atom is 0.271 e. The first-order valence-electron chi connectivity index (χ1n) is 5.27. The van der Waals surface area contributed by atoms with Gasteiger partial charge in [0.25, 0.3) is 11.6 Å². The molecule has 1 heterocycles. The number of nitro benzene ring substituents is 1. The van der Waals surface area contributed by atoms with Crippen molar-refractivity contribution in [3.63, 3.8) is 0 Å². The van der Waals surface area contributed by atoms with E-state index in [0.717, 1.165) is 12.1 Å². The standard InChI is InChI=1S/C11H7Cl2N3O3S/c12-9-2-7(16(18)19)1-8(10(9)13)11(17)14-3-6-4-20-5-15-6/h1-2,4-5H,3H2,(H,14,17). The molecule has 1 aromatic heterocycles. The normalized spacial score (nSPS) is 10.3. The van der Waals surface area contributed by atoms with E-state index in [9.17, 15) is 14.9 Å². The van der Waals surface area contributed by atoms with Crippen molar-refractivity contribution in [2.75, 3.05) is 0 Å². The summed E-state index contributed by atoms with van der Waals surface area (Å²) in [6.07, 6.45) is 0. The Bertz CT molecular complexity index is 661. The third-order valence-corrected chi connectivity index (χ3v) is 3.82. The van der Waals surface area contributed by atoms with Crippen molar-refractivity contribution in [2.45, 2.75) is 6.54 Å². The number of nitrogens with one attached hydrogen (secondary N) is 1. The Labute approximate surface area is 127 Å². The van der Waals surface area contributed by atoms with Crippen LogP contribution in [-0.2, 0) is 6.54 Å². The van der Waals surface area contributed by atoms with Gasteiger partial charge in [-0.2, -0.15) is 0 Å². The Morgan fingerprint density at radius 3 is 2.80 bits per heavy atom. The van der Waals surface area contributed by atoms with Gasteiger partial charge in [0.15, 0.2) is 0 Å². The van der Waals surface area contributed by atoms with Gasteiger partial charge in [-0.3, -0.25) is 14.9 Å². The number of carbonyl (C=O) groups is 1. The second-order valence-electron chi connectivity index (χ2n) is 3.71. The number of thiazole rings is 1. The van der Waals surface area contributed by atoms with Gasteiger partial charge in [-0.1, -0.05) is 23.2 Å². The van der Waals surface area contributed by atoms with Crippen molar-refractivity contribution in [3.05, 3.63) is 54.4 Å². The van der Waals surface area contributed by atoms with Crippen LogP contribution >= 0.6 is 34.5 Å². The zero-order valence-electron chi connectivity index (χ0n) is 9.80. The monoisotopic (exact) mass is 331 g/mol. The molecule has 0 bridgehead atoms. The molecule has 1 amide bonds. The summed E-state index contributed by atoms with van der Waals surface area (Å²) in [6.45, 7) is 0.207. The first-order chi connectivity index (χ1) is 9.49. The van der Waals surface area contributed by atoms with Crippen molar-refractivity contribution in [3.8, 4) is 0 Å². The minimum atomic E-state index is -0.639. The molecule has 0 aliphatic heterocycles. The fourth-order valence-corrected chi connectivity index (χ4v) is 2.40. The van der Waals surface area contributed by atoms with Gasteiger partial charge in [-0.25, -0.2) is 4.98 Å². The Hall–Kier alpha value is -1.70. The highest BCUT2D eigenvalue weighted by molar-refractivity contribution is 7.07. The van der Waals surface area contributed by atoms with E-state index >= 15 is 0 Å². The smallest absolute Gasteiger partial charge is 0.271 e. The number of benzene rings is 1. The summed E-state index contributed by atoms with van der Waals surface area (Å²) in [5.41, 5.74) is 1.99. The SMILES string of the molecule is O=C(NCc1cscn1)c1cc([N+](=O)[O-])cc(Cl)c1Cl. The summed E-state index contributed by atoms with van der Waals surface area (Å²) in [6, 6.07) is 2.19. The molecule has 0 spiro atoms. The molecule has 0 aliphatic rings. The number of non-ortho nitro benzene ring substituents is 1. The largest absolute Gasteiger partial charge is 0.346 e. The van der Waals surface area contributed by atoms with Crippen LogP contribution in [0.15, 0.2) is 23.0 Å². The molecule has 0 saturated carbocycles. The first-order valence-corrected chi connectivity index (χ1v) is 6.97. The number of carbonyl (C=O) groups excluding carboxylic acids is 1. The van der Waals surface area contributed by atoms with Crippen molar-refractivity contribution in [2.24, 2.45) is 0 Å². The molecular weight excluding hydrogens is 325 g/mol. The second-order valence-corrected chi connectivity index (χ2v) is 5.21. The fourth-order valence-electron chi connectivity index (χ4n) is 1.44. The molecule has 0 radical (unpaired) electrons. The van der Waals surface area contributed by atoms with E-state index in [1.165, 1.54) is 11.3 Å². The summed E-state index contributed by atoms with van der Waals surface area (Å²) >= 11 is 13.1. The lowest BCUT2D eigenvalue weighted by molar-refractivity contribution is -0.384. The molecule has 20 heavy (non-hydrogen) atoms. The van der Waals surface area contributed by atoms with Crippen molar-refractivity contribution >= 4 is 46.1 Å². The van der Waals surface area contributed by atoms with Crippen molar-refractivity contribution in [1.82, 2.24) is 10.3 Å². The number of halogens is 2. The lowest BCUT2D eigenvalue weighted by atomic mass is 10.2. The van der Waals surface area contributed by atoms with E-state index in [0.29, 0.717) is 5.69 Å². The van der Waals surface area contributed by atoms with Crippen molar-refractivity contribution in [1.29, 1.82) is 0 Å². The van der Waals surface area contributed by atoms with Crippen LogP contribution in [0.5, 0.6) is 0 Å². The number of aromatic nitrogens is 1. The topological polar surface area (TPSA) is 85.1 Å². The fraction of sp³-hybridized carbons (Fsp3) is 0.0909. The van der Waals surface area contributed by atoms with Gasteiger partial charge in [-0.05, 0) is 0 Å². The molecule has 0 fully saturated rings. The Kier molecular flexibility index (Phi) is 4.53. The predicted octanol–water partition coefficient (Wildman–Crippen LogP) is 3.29. The molecule has 0 saturated heterocycles. The Morgan fingerprint density at radius 2 is 2.20 bits per heavy atom. The van der Waals surface area contributed by atoms with E-state index in [-0.39, 0.29) is 27.8 Å². The number of nitrogens with zero attached hydrogens (tertiary/aromatic N) is 2. The van der Waals surface area contributed by atoms with Gasteiger partial charge in [0.2, 0.25) is 0 Å². The minimum absolute atomic E-state index is 0.0203. The molecule has 6 nitrogen and oxygen atoms in total. The molecule has 1 aromatic carbocycles. The summed E-state index contributed by atoms with van der Waals surface area (Å²) < 4.78 is 0. The number of nitro groups is 1. The van der Waals surface area contributed by atoms with Crippen LogP contribution in [0.2, 0.25) is 10.0 Å². The van der Waals surface area contributed by atoms with E-state index in [2.05, 4.69) is 10.3 Å². The van der Waals surface area contributed by atoms with E-state index in [1.807, 2.05) is 0 Å². The first kappa shape index (κ1) is 14.7. The van der Waals surface area contributed by atoms with Crippen molar-refractivity contribution < 1.29 is 9.72 Å². The van der Waals surface area contributed by atoms with Gasteiger partial charge < -0.3 is 5.32 Å². The Balaban J connectivity index is 2.22. The number of rotatable bonds is 4. The van der Waals surface area contributed by atoms with Gasteiger partial charge in [0.1, 0.15) is 0 Å². The Morgan fingerprint density at radius 1 is 1.45 bits per heavy atom. The van der Waals surface area contributed by atoms with Crippen LogP contribution in [0.25, 0.3) is 0 Å². The number of hydrogen-bond acceptors (Lipinski definition) is 5. The molecule has 0 aliphatic carbocycles. The molecule has 2 rings (SSSR count). The molecule has 2 aromatic rings. The van der Waals surface area contributed by atoms with E-state index < -0.39 is 10.8 Å². The van der Waals surface area contributed by atoms with E-state index in [4.69, 9.17) is 23.2 Å². The van der Waals surface area contributed by atoms with Crippen LogP contribution in [-0.4, -0.2) is 15.8 Å². The lowest BCUT2D eigenvalue weighted by Crippen LogP contribution is -2.23. The van der Waals surface area contributed by atoms with Gasteiger partial charge in [0.05, 0.1) is 38.3 Å². The zero-order valence-corrected chi connectivity index (χ0v) is 12.1. The molecule has 104 valence electrons. The molecular formula is C11H7Cl2N3O3S. The minimum Gasteiger partial charge on any atom is -0.346 e. The average molecular weight is 332 g/mol. The predicted molar refractivity (Wildman–Crippen MR) is 76.4 cm³/mol. The highest BCUT2D eigenvalue weighted by Crippen LogP contribution is 2.30. The molecule has 0 atom stereocenters. The second kappa shape index (κ2) is 6.17. The zero-order chi connectivity index (χ0) is 14.7. The van der Waals surface area contributed by atoms with Gasteiger partial charge >= 0.3 is 0 Å². The van der Waals surface area contributed by atoms with Crippen LogP contribution in [0, 0.1) is 10.1 Å². The quantitative estimate of drug-likeness (QED) is 0.688. The number of amides is 1. The number of hydrogen-bond donors (Lipinski definition) is 1.